The van der Waals surface area contributed by atoms with E-state index in [2.05, 4.69) is 15.5 Å². The lowest BCUT2D eigenvalue weighted by Crippen LogP contribution is -2.52. The first-order valence-electron chi connectivity index (χ1n) is 9.12. The molecule has 1 heterocycles. The van der Waals surface area contributed by atoms with Gasteiger partial charge in [-0.1, -0.05) is 19.0 Å². The Morgan fingerprint density at radius 2 is 1.92 bits per heavy atom. The topological polar surface area (TPSA) is 103 Å². The van der Waals surface area contributed by atoms with Crippen LogP contribution in [0.1, 0.15) is 45.9 Å². The average molecular weight is 360 g/mol. The Kier molecular flexibility index (Phi) is 7.15. The summed E-state index contributed by atoms with van der Waals surface area (Å²) in [4.78, 5) is 16.6. The Labute approximate surface area is 154 Å². The van der Waals surface area contributed by atoms with Crippen LogP contribution >= 0.6 is 0 Å². The molecule has 0 saturated heterocycles. The molecule has 2 rings (SSSR count). The van der Waals surface area contributed by atoms with E-state index in [1.54, 1.807) is 0 Å². The number of hydrogen-bond donors (Lipinski definition) is 2. The molecule has 7 heteroatoms. The number of rotatable bonds is 10. The summed E-state index contributed by atoms with van der Waals surface area (Å²) in [6.07, 6.45) is 2.28. The molecule has 0 atom stereocenters. The molecule has 1 aromatic heterocycles. The summed E-state index contributed by atoms with van der Waals surface area (Å²) in [5.41, 5.74) is 6.32. The van der Waals surface area contributed by atoms with Crippen molar-refractivity contribution in [3.05, 3.63) is 30.2 Å². The van der Waals surface area contributed by atoms with Crippen LogP contribution in [0.3, 0.4) is 0 Å². The molecule has 1 aromatic carbocycles. The maximum absolute atomic E-state index is 12.2. The largest absolute Gasteiger partial charge is 0.494 e. The molecule has 26 heavy (non-hydrogen) atoms. The molecular formula is C19H28N4O3. The van der Waals surface area contributed by atoms with Crippen molar-refractivity contribution in [2.45, 2.75) is 52.0 Å². The molecule has 0 fully saturated rings. The summed E-state index contributed by atoms with van der Waals surface area (Å²) >= 11 is 0. The fourth-order valence-electron chi connectivity index (χ4n) is 2.69. The van der Waals surface area contributed by atoms with Gasteiger partial charge in [-0.2, -0.15) is 4.98 Å². The van der Waals surface area contributed by atoms with Crippen molar-refractivity contribution in [1.82, 2.24) is 15.5 Å². The third kappa shape index (κ3) is 5.05. The van der Waals surface area contributed by atoms with Gasteiger partial charge in [0, 0.05) is 24.9 Å². The molecule has 142 valence electrons. The van der Waals surface area contributed by atoms with Crippen molar-refractivity contribution in [2.75, 3.05) is 13.2 Å². The van der Waals surface area contributed by atoms with Gasteiger partial charge >= 0.3 is 0 Å². The van der Waals surface area contributed by atoms with Crippen LogP contribution in [0.25, 0.3) is 11.4 Å². The number of carbonyl (C=O) groups excluding carboxylic acids is 1. The van der Waals surface area contributed by atoms with Crippen molar-refractivity contribution in [1.29, 1.82) is 0 Å². The van der Waals surface area contributed by atoms with Crippen LogP contribution in [0.2, 0.25) is 0 Å². The van der Waals surface area contributed by atoms with Gasteiger partial charge in [0.1, 0.15) is 5.75 Å². The molecule has 0 aliphatic heterocycles. The number of nitrogens with one attached hydrogen (secondary N) is 1. The van der Waals surface area contributed by atoms with E-state index in [1.165, 1.54) is 0 Å². The van der Waals surface area contributed by atoms with Gasteiger partial charge in [-0.3, -0.25) is 4.79 Å². The molecule has 0 radical (unpaired) electrons. The van der Waals surface area contributed by atoms with E-state index in [-0.39, 0.29) is 17.9 Å². The lowest BCUT2D eigenvalue weighted by molar-refractivity contribution is -0.123. The van der Waals surface area contributed by atoms with Gasteiger partial charge in [0.25, 0.3) is 0 Å². The van der Waals surface area contributed by atoms with Crippen LogP contribution in [-0.4, -0.2) is 34.7 Å². The molecule has 0 saturated carbocycles. The highest BCUT2D eigenvalue weighted by atomic mass is 16.5. The molecule has 3 N–H and O–H groups in total. The monoisotopic (exact) mass is 360 g/mol. The summed E-state index contributed by atoms with van der Waals surface area (Å²) in [5, 5.41) is 7.02. The molecule has 0 aliphatic rings. The fourth-order valence-corrected chi connectivity index (χ4v) is 2.69. The van der Waals surface area contributed by atoms with Gasteiger partial charge in [-0.15, -0.1) is 0 Å². The minimum absolute atomic E-state index is 0.0556. The number of ether oxygens (including phenoxy) is 1. The molecular weight excluding hydrogens is 332 g/mol. The number of aryl methyl sites for hydroxylation is 1. The lowest BCUT2D eigenvalue weighted by Gasteiger charge is -2.31. The molecule has 0 spiro atoms. The van der Waals surface area contributed by atoms with Crippen molar-refractivity contribution >= 4 is 5.91 Å². The quantitative estimate of drug-likeness (QED) is 0.675. The van der Waals surface area contributed by atoms with Crippen molar-refractivity contribution < 1.29 is 14.1 Å². The Hall–Kier alpha value is -2.41. The first-order valence-corrected chi connectivity index (χ1v) is 9.12. The normalized spacial score (nSPS) is 11.4. The zero-order chi connectivity index (χ0) is 19.0. The Bertz CT molecular complexity index is 685. The van der Waals surface area contributed by atoms with E-state index in [0.717, 1.165) is 24.2 Å². The van der Waals surface area contributed by atoms with E-state index in [4.69, 9.17) is 15.0 Å². The van der Waals surface area contributed by atoms with E-state index >= 15 is 0 Å². The third-order valence-corrected chi connectivity index (χ3v) is 4.61. The first kappa shape index (κ1) is 19.9. The highest BCUT2D eigenvalue weighted by Gasteiger charge is 2.26. The van der Waals surface area contributed by atoms with E-state index in [0.29, 0.717) is 31.3 Å². The summed E-state index contributed by atoms with van der Waals surface area (Å²) in [6.45, 7) is 7.03. The van der Waals surface area contributed by atoms with Crippen LogP contribution in [0.4, 0.5) is 0 Å². The number of nitrogens with zero attached hydrogens (tertiary/aromatic N) is 2. The van der Waals surface area contributed by atoms with Crippen LogP contribution < -0.4 is 15.8 Å². The number of benzene rings is 1. The third-order valence-electron chi connectivity index (χ3n) is 4.61. The Morgan fingerprint density at radius 1 is 1.23 bits per heavy atom. The van der Waals surface area contributed by atoms with Crippen LogP contribution in [0.5, 0.6) is 5.75 Å². The molecule has 1 amide bonds. The van der Waals surface area contributed by atoms with Crippen molar-refractivity contribution in [3.63, 3.8) is 0 Å². The number of carbonyl (C=O) groups is 1. The predicted octanol–water partition coefficient (Wildman–Crippen LogP) is 2.70. The molecule has 2 aromatic rings. The lowest BCUT2D eigenvalue weighted by atomic mass is 9.92. The summed E-state index contributed by atoms with van der Waals surface area (Å²) in [7, 11) is 0. The van der Waals surface area contributed by atoms with Crippen molar-refractivity contribution in [2.24, 2.45) is 5.73 Å². The zero-order valence-corrected chi connectivity index (χ0v) is 15.7. The minimum Gasteiger partial charge on any atom is -0.494 e. The Morgan fingerprint density at radius 3 is 2.50 bits per heavy atom. The summed E-state index contributed by atoms with van der Waals surface area (Å²) < 4.78 is 10.7. The van der Waals surface area contributed by atoms with Gasteiger partial charge in [0.05, 0.1) is 12.1 Å². The number of nitrogens with two attached hydrogens (primary N) is 1. The second-order valence-electron chi connectivity index (χ2n) is 6.21. The second-order valence-corrected chi connectivity index (χ2v) is 6.21. The molecule has 7 nitrogen and oxygen atoms in total. The van der Waals surface area contributed by atoms with Gasteiger partial charge < -0.3 is 20.3 Å². The van der Waals surface area contributed by atoms with Crippen LogP contribution in [0.15, 0.2) is 28.8 Å². The van der Waals surface area contributed by atoms with E-state index in [1.807, 2.05) is 45.0 Å². The number of hydrogen-bond acceptors (Lipinski definition) is 6. The highest BCUT2D eigenvalue weighted by molar-refractivity contribution is 5.77. The van der Waals surface area contributed by atoms with E-state index < -0.39 is 0 Å². The standard InChI is InChI=1S/C19H28N4O3/c1-4-19(5-2,13-20)22-16(24)11-12-17-21-18(23-26-17)14-7-9-15(10-8-14)25-6-3/h7-10H,4-6,11-13,20H2,1-3H3,(H,22,24). The number of amides is 1. The van der Waals surface area contributed by atoms with Gasteiger partial charge in [0.2, 0.25) is 17.6 Å². The van der Waals surface area contributed by atoms with Crippen LogP contribution in [0, 0.1) is 0 Å². The molecule has 0 aliphatic carbocycles. The molecule has 0 unspecified atom stereocenters. The molecule has 0 bridgehead atoms. The minimum atomic E-state index is -0.334. The van der Waals surface area contributed by atoms with Gasteiger partial charge in [0.15, 0.2) is 0 Å². The Balaban J connectivity index is 1.92. The van der Waals surface area contributed by atoms with Gasteiger partial charge in [-0.05, 0) is 44.0 Å². The smallest absolute Gasteiger partial charge is 0.227 e. The fraction of sp³-hybridized carbons (Fsp3) is 0.526. The highest BCUT2D eigenvalue weighted by Crippen LogP contribution is 2.20. The summed E-state index contributed by atoms with van der Waals surface area (Å²) in [6, 6.07) is 7.49. The summed E-state index contributed by atoms with van der Waals surface area (Å²) in [5.74, 6) is 1.68. The average Bonchev–Trinajstić information content (AvgIpc) is 3.14. The van der Waals surface area contributed by atoms with Crippen molar-refractivity contribution in [3.8, 4) is 17.1 Å². The predicted molar refractivity (Wildman–Crippen MR) is 99.7 cm³/mol. The SMILES string of the molecule is CCOc1ccc(-c2noc(CCC(=O)NC(CC)(CC)CN)n2)cc1. The number of aromatic nitrogens is 2. The maximum atomic E-state index is 12.2. The second kappa shape index (κ2) is 9.33. The van der Waals surface area contributed by atoms with Crippen LogP contribution in [-0.2, 0) is 11.2 Å². The zero-order valence-electron chi connectivity index (χ0n) is 15.7. The maximum Gasteiger partial charge on any atom is 0.227 e. The van der Waals surface area contributed by atoms with E-state index in [9.17, 15) is 4.79 Å². The first-order chi connectivity index (χ1) is 12.6. The van der Waals surface area contributed by atoms with Gasteiger partial charge in [-0.25, -0.2) is 0 Å².